The van der Waals surface area contributed by atoms with Crippen LogP contribution in [0.3, 0.4) is 0 Å². The topological polar surface area (TPSA) is 87.8 Å². The number of H-pyrrole nitrogens is 1. The summed E-state index contributed by atoms with van der Waals surface area (Å²) in [6, 6.07) is 16.8. The Bertz CT molecular complexity index is 1160. The van der Waals surface area contributed by atoms with Crippen molar-refractivity contribution in [3.05, 3.63) is 82.6 Å². The molecule has 2 amide bonds. The van der Waals surface area contributed by atoms with E-state index in [4.69, 9.17) is 21.1 Å². The summed E-state index contributed by atoms with van der Waals surface area (Å²) >= 11 is 6.15. The van der Waals surface area contributed by atoms with Gasteiger partial charge in [-0.2, -0.15) is 5.10 Å². The molecule has 1 N–H and O–H groups in total. The lowest BCUT2D eigenvalue weighted by molar-refractivity contribution is -0.152. The average molecular weight is 497 g/mol. The molecule has 9 heteroatoms. The molecule has 0 unspecified atom stereocenters. The molecular formula is C26H29ClN4O4. The number of nitrogens with zero attached hydrogens (tertiary/aromatic N) is 3. The lowest BCUT2D eigenvalue weighted by Crippen LogP contribution is -2.58. The largest absolute Gasteiger partial charge is 0.490 e. The standard InChI is InChI=1S/C26H29ClN4O4/c1-19-14-21(8-9-22(19)27)34-18-26(15-24(32)30(2)16-20-6-4-3-5-7-20)17-31(12-13-35-26)25(33)23-10-11-28-29-23/h3-11,14H,12-13,15-18H2,1-2H3,(H,28,29)/t26-/m0/s1. The number of hydrogen-bond donors (Lipinski definition) is 1. The molecule has 35 heavy (non-hydrogen) atoms. The fourth-order valence-electron chi connectivity index (χ4n) is 4.09. The molecule has 1 aromatic heterocycles. The zero-order valence-electron chi connectivity index (χ0n) is 19.9. The first-order valence-corrected chi connectivity index (χ1v) is 11.8. The number of carbonyl (C=O) groups is 2. The second kappa shape index (κ2) is 10.9. The van der Waals surface area contributed by atoms with Gasteiger partial charge >= 0.3 is 0 Å². The molecule has 1 aliphatic rings. The number of halogens is 1. The van der Waals surface area contributed by atoms with Crippen molar-refractivity contribution in [1.29, 1.82) is 0 Å². The van der Waals surface area contributed by atoms with Gasteiger partial charge in [0.2, 0.25) is 5.91 Å². The number of benzene rings is 2. The van der Waals surface area contributed by atoms with Gasteiger partial charge in [0.1, 0.15) is 23.7 Å². The third kappa shape index (κ3) is 6.21. The predicted octanol–water partition coefficient (Wildman–Crippen LogP) is 3.71. The Hall–Kier alpha value is -3.36. The first-order chi connectivity index (χ1) is 16.8. The highest BCUT2D eigenvalue weighted by Crippen LogP contribution is 2.28. The van der Waals surface area contributed by atoms with Gasteiger partial charge in [0.25, 0.3) is 5.91 Å². The van der Waals surface area contributed by atoms with Crippen molar-refractivity contribution < 1.29 is 19.1 Å². The third-order valence-corrected chi connectivity index (χ3v) is 6.48. The van der Waals surface area contributed by atoms with Crippen LogP contribution in [0, 0.1) is 6.92 Å². The fraction of sp³-hybridized carbons (Fsp3) is 0.346. The number of rotatable bonds is 8. The van der Waals surface area contributed by atoms with Crippen LogP contribution in [0.25, 0.3) is 0 Å². The number of ether oxygens (including phenoxy) is 2. The second-order valence-electron chi connectivity index (χ2n) is 8.84. The molecule has 4 rings (SSSR count). The van der Waals surface area contributed by atoms with Crippen molar-refractivity contribution in [2.24, 2.45) is 0 Å². The molecule has 1 fully saturated rings. The maximum atomic E-state index is 13.3. The fourth-order valence-corrected chi connectivity index (χ4v) is 4.20. The zero-order chi connectivity index (χ0) is 24.8. The maximum Gasteiger partial charge on any atom is 0.272 e. The minimum atomic E-state index is -1.01. The summed E-state index contributed by atoms with van der Waals surface area (Å²) in [6.45, 7) is 3.39. The molecule has 1 atom stereocenters. The monoisotopic (exact) mass is 496 g/mol. The van der Waals surface area contributed by atoms with Crippen molar-refractivity contribution in [3.63, 3.8) is 0 Å². The van der Waals surface area contributed by atoms with Gasteiger partial charge in [-0.3, -0.25) is 14.7 Å². The van der Waals surface area contributed by atoms with E-state index in [9.17, 15) is 9.59 Å². The molecule has 0 aliphatic carbocycles. The number of amides is 2. The number of nitrogens with one attached hydrogen (secondary N) is 1. The highest BCUT2D eigenvalue weighted by molar-refractivity contribution is 6.31. The third-order valence-electron chi connectivity index (χ3n) is 6.06. The molecule has 0 saturated carbocycles. The highest BCUT2D eigenvalue weighted by Gasteiger charge is 2.42. The van der Waals surface area contributed by atoms with E-state index >= 15 is 0 Å². The first-order valence-electron chi connectivity index (χ1n) is 11.4. The zero-order valence-corrected chi connectivity index (χ0v) is 20.6. The maximum absolute atomic E-state index is 13.3. The number of aromatic amines is 1. The van der Waals surface area contributed by atoms with Crippen LogP contribution in [0.5, 0.6) is 5.75 Å². The minimum Gasteiger partial charge on any atom is -0.490 e. The number of hydrogen-bond acceptors (Lipinski definition) is 5. The Morgan fingerprint density at radius 3 is 2.74 bits per heavy atom. The Balaban J connectivity index is 1.52. The van der Waals surface area contributed by atoms with E-state index in [1.54, 1.807) is 35.0 Å². The average Bonchev–Trinajstić information content (AvgIpc) is 3.40. The van der Waals surface area contributed by atoms with E-state index in [1.807, 2.05) is 43.3 Å². The van der Waals surface area contributed by atoms with Crippen molar-refractivity contribution >= 4 is 23.4 Å². The van der Waals surface area contributed by atoms with Gasteiger partial charge in [0.05, 0.1) is 19.6 Å². The van der Waals surface area contributed by atoms with E-state index in [2.05, 4.69) is 10.2 Å². The van der Waals surface area contributed by atoms with Crippen LogP contribution in [-0.4, -0.2) is 70.8 Å². The summed E-state index contributed by atoms with van der Waals surface area (Å²) in [6.07, 6.45) is 1.60. The molecule has 1 saturated heterocycles. The van der Waals surface area contributed by atoms with Gasteiger partial charge in [-0.25, -0.2) is 0 Å². The van der Waals surface area contributed by atoms with Gasteiger partial charge in [-0.15, -0.1) is 0 Å². The summed E-state index contributed by atoms with van der Waals surface area (Å²) in [5, 5.41) is 7.24. The molecule has 0 radical (unpaired) electrons. The summed E-state index contributed by atoms with van der Waals surface area (Å²) < 4.78 is 12.3. The van der Waals surface area contributed by atoms with Crippen molar-refractivity contribution in [2.45, 2.75) is 25.5 Å². The number of carbonyl (C=O) groups excluding carboxylic acids is 2. The van der Waals surface area contributed by atoms with Crippen LogP contribution in [0.1, 0.15) is 28.0 Å². The number of aromatic nitrogens is 2. The molecule has 0 bridgehead atoms. The predicted molar refractivity (Wildman–Crippen MR) is 132 cm³/mol. The van der Waals surface area contributed by atoms with Crippen LogP contribution in [0.4, 0.5) is 0 Å². The van der Waals surface area contributed by atoms with E-state index in [1.165, 1.54) is 6.20 Å². The van der Waals surface area contributed by atoms with Gasteiger partial charge in [0.15, 0.2) is 0 Å². The lowest BCUT2D eigenvalue weighted by atomic mass is 9.96. The van der Waals surface area contributed by atoms with E-state index in [0.29, 0.717) is 36.2 Å². The second-order valence-corrected chi connectivity index (χ2v) is 9.25. The minimum absolute atomic E-state index is 0.0651. The highest BCUT2D eigenvalue weighted by atomic mass is 35.5. The molecule has 2 heterocycles. The van der Waals surface area contributed by atoms with Crippen LogP contribution >= 0.6 is 11.6 Å². The summed E-state index contributed by atoms with van der Waals surface area (Å²) in [7, 11) is 1.77. The SMILES string of the molecule is Cc1cc(OC[C@]2(CC(=O)N(C)Cc3ccccc3)CN(C(=O)c3ccn[nH]3)CCO2)ccc1Cl. The van der Waals surface area contributed by atoms with Crippen LogP contribution in [0.15, 0.2) is 60.8 Å². The molecule has 0 spiro atoms. The van der Waals surface area contributed by atoms with Crippen molar-refractivity contribution in [3.8, 4) is 5.75 Å². The Kier molecular flexibility index (Phi) is 7.73. The number of aryl methyl sites for hydroxylation is 1. The molecule has 2 aromatic carbocycles. The van der Waals surface area contributed by atoms with Crippen LogP contribution in [0.2, 0.25) is 5.02 Å². The summed E-state index contributed by atoms with van der Waals surface area (Å²) in [5.74, 6) is 0.333. The van der Waals surface area contributed by atoms with E-state index < -0.39 is 5.60 Å². The molecule has 3 aromatic rings. The van der Waals surface area contributed by atoms with Gasteiger partial charge in [-0.1, -0.05) is 41.9 Å². The van der Waals surface area contributed by atoms with E-state index in [-0.39, 0.29) is 31.4 Å². The van der Waals surface area contributed by atoms with Gasteiger partial charge < -0.3 is 19.3 Å². The molecule has 1 aliphatic heterocycles. The molecule has 8 nitrogen and oxygen atoms in total. The van der Waals surface area contributed by atoms with Gasteiger partial charge in [0, 0.05) is 31.4 Å². The van der Waals surface area contributed by atoms with Crippen molar-refractivity contribution in [2.75, 3.05) is 33.4 Å². The van der Waals surface area contributed by atoms with Gasteiger partial charge in [-0.05, 0) is 42.3 Å². The summed E-state index contributed by atoms with van der Waals surface area (Å²) in [5.41, 5.74) is 1.30. The quantitative estimate of drug-likeness (QED) is 0.513. The Labute approximate surface area is 209 Å². The molecular weight excluding hydrogens is 468 g/mol. The normalized spacial score (nSPS) is 17.7. The van der Waals surface area contributed by atoms with Crippen molar-refractivity contribution in [1.82, 2.24) is 20.0 Å². The number of morpholine rings is 1. The first kappa shape index (κ1) is 24.8. The Morgan fingerprint density at radius 2 is 2.03 bits per heavy atom. The summed E-state index contributed by atoms with van der Waals surface area (Å²) in [4.78, 5) is 29.7. The lowest BCUT2D eigenvalue weighted by Gasteiger charge is -2.42. The Morgan fingerprint density at radius 1 is 1.23 bits per heavy atom. The smallest absolute Gasteiger partial charge is 0.272 e. The molecule has 184 valence electrons. The van der Waals surface area contributed by atoms with Crippen LogP contribution < -0.4 is 4.74 Å². The van der Waals surface area contributed by atoms with Crippen LogP contribution in [-0.2, 0) is 16.1 Å². The van der Waals surface area contributed by atoms with E-state index in [0.717, 1.165) is 11.1 Å².